The van der Waals surface area contributed by atoms with Gasteiger partial charge in [0.05, 0.1) is 23.8 Å². The first-order valence-corrected chi connectivity index (χ1v) is 8.22. The van der Waals surface area contributed by atoms with Gasteiger partial charge in [0.1, 0.15) is 0 Å². The summed E-state index contributed by atoms with van der Waals surface area (Å²) in [6.07, 6.45) is 0. The van der Waals surface area contributed by atoms with Crippen LogP contribution in [0.2, 0.25) is 5.02 Å². The minimum atomic E-state index is -0.0738. The third-order valence-corrected chi connectivity index (χ3v) is 4.05. The van der Waals surface area contributed by atoms with E-state index < -0.39 is 0 Å². The summed E-state index contributed by atoms with van der Waals surface area (Å²) in [6, 6.07) is 7.19. The number of likely N-dealkylation sites (N-methyl/N-ethyl adjacent to an activating group) is 1. The summed E-state index contributed by atoms with van der Waals surface area (Å²) in [5.74, 6) is -0.0207. The van der Waals surface area contributed by atoms with Gasteiger partial charge < -0.3 is 10.6 Å². The summed E-state index contributed by atoms with van der Waals surface area (Å²) < 4.78 is 0. The fourth-order valence-electron chi connectivity index (χ4n) is 2.52. The number of carbonyl (C=O) groups excluding carboxylic acids is 2. The van der Waals surface area contributed by atoms with E-state index in [2.05, 4.69) is 20.4 Å². The van der Waals surface area contributed by atoms with Crippen LogP contribution < -0.4 is 10.6 Å². The molecule has 6 nitrogen and oxygen atoms in total. The highest BCUT2D eigenvalue weighted by molar-refractivity contribution is 6.33. The van der Waals surface area contributed by atoms with E-state index in [-0.39, 0.29) is 11.8 Å². The molecule has 2 rings (SSSR count). The van der Waals surface area contributed by atoms with Crippen molar-refractivity contribution in [1.82, 2.24) is 15.1 Å². The zero-order valence-corrected chi connectivity index (χ0v) is 14.1. The molecule has 1 saturated heterocycles. The average molecular weight is 339 g/mol. The number of rotatable bonds is 6. The molecule has 126 valence electrons. The first-order valence-electron chi connectivity index (χ1n) is 7.84. The minimum absolute atomic E-state index is 0.0532. The van der Waals surface area contributed by atoms with E-state index in [9.17, 15) is 9.59 Å². The minimum Gasteiger partial charge on any atom is -0.355 e. The van der Waals surface area contributed by atoms with Crippen LogP contribution in [0.25, 0.3) is 0 Å². The van der Waals surface area contributed by atoms with E-state index in [0.29, 0.717) is 30.3 Å². The molecule has 1 aliphatic heterocycles. The second-order valence-electron chi connectivity index (χ2n) is 5.53. The second-order valence-corrected chi connectivity index (χ2v) is 5.94. The normalized spacial score (nSPS) is 16.1. The van der Waals surface area contributed by atoms with Gasteiger partial charge in [0, 0.05) is 32.7 Å². The number of benzene rings is 1. The lowest BCUT2D eigenvalue weighted by Gasteiger charge is -2.33. The Bertz CT molecular complexity index is 545. The van der Waals surface area contributed by atoms with Gasteiger partial charge in [-0.25, -0.2) is 0 Å². The zero-order chi connectivity index (χ0) is 16.7. The molecule has 0 unspecified atom stereocenters. The molecule has 0 atom stereocenters. The van der Waals surface area contributed by atoms with E-state index in [1.165, 1.54) is 0 Å². The van der Waals surface area contributed by atoms with E-state index in [1.54, 1.807) is 12.1 Å². The van der Waals surface area contributed by atoms with E-state index in [1.807, 2.05) is 19.1 Å². The van der Waals surface area contributed by atoms with Crippen molar-refractivity contribution >= 4 is 29.1 Å². The number of para-hydroxylation sites is 1. The first-order chi connectivity index (χ1) is 11.1. The molecule has 23 heavy (non-hydrogen) atoms. The van der Waals surface area contributed by atoms with E-state index in [0.717, 1.165) is 26.2 Å². The van der Waals surface area contributed by atoms with Crippen molar-refractivity contribution in [3.63, 3.8) is 0 Å². The lowest BCUT2D eigenvalue weighted by Crippen LogP contribution is -2.51. The maximum Gasteiger partial charge on any atom is 0.238 e. The van der Waals surface area contributed by atoms with Gasteiger partial charge in [-0.1, -0.05) is 23.7 Å². The Morgan fingerprint density at radius 1 is 1.04 bits per heavy atom. The fraction of sp³-hybridized carbons (Fsp3) is 0.500. The maximum atomic E-state index is 12.1. The zero-order valence-electron chi connectivity index (χ0n) is 13.3. The number of carbonyl (C=O) groups is 2. The Kier molecular flexibility index (Phi) is 6.83. The molecule has 1 aromatic carbocycles. The molecule has 0 aromatic heterocycles. The Labute approximate surface area is 141 Å². The van der Waals surface area contributed by atoms with Gasteiger partial charge in [-0.15, -0.1) is 0 Å². The monoisotopic (exact) mass is 338 g/mol. The molecule has 1 heterocycles. The molecule has 0 saturated carbocycles. The number of hydrogen-bond acceptors (Lipinski definition) is 4. The molecule has 0 radical (unpaired) electrons. The Morgan fingerprint density at radius 2 is 1.61 bits per heavy atom. The number of halogens is 1. The van der Waals surface area contributed by atoms with E-state index >= 15 is 0 Å². The van der Waals surface area contributed by atoms with Crippen molar-refractivity contribution in [2.75, 3.05) is 51.1 Å². The fourth-order valence-corrected chi connectivity index (χ4v) is 2.70. The summed E-state index contributed by atoms with van der Waals surface area (Å²) in [7, 11) is 0. The van der Waals surface area contributed by atoms with Crippen LogP contribution in [0.5, 0.6) is 0 Å². The van der Waals surface area contributed by atoms with Gasteiger partial charge in [0.25, 0.3) is 0 Å². The van der Waals surface area contributed by atoms with Crippen molar-refractivity contribution in [3.05, 3.63) is 29.3 Å². The molecule has 2 N–H and O–H groups in total. The third kappa shape index (κ3) is 5.82. The second kappa shape index (κ2) is 8.86. The standard InChI is InChI=1S/C16H23ClN4O2/c1-2-18-15(22)11-20-7-9-21(10-8-20)12-16(23)19-14-6-4-3-5-13(14)17/h3-6H,2,7-12H2,1H3,(H,18,22)(H,19,23). The lowest BCUT2D eigenvalue weighted by atomic mass is 10.3. The summed E-state index contributed by atoms with van der Waals surface area (Å²) in [5.41, 5.74) is 0.633. The van der Waals surface area contributed by atoms with Crippen LogP contribution in [-0.4, -0.2) is 67.4 Å². The molecule has 7 heteroatoms. The van der Waals surface area contributed by atoms with Crippen molar-refractivity contribution in [1.29, 1.82) is 0 Å². The van der Waals surface area contributed by atoms with Gasteiger partial charge in [0.15, 0.2) is 0 Å². The number of hydrogen-bond donors (Lipinski definition) is 2. The van der Waals surface area contributed by atoms with Gasteiger partial charge in [0.2, 0.25) is 11.8 Å². The highest BCUT2D eigenvalue weighted by Crippen LogP contribution is 2.20. The molecular weight excluding hydrogens is 316 g/mol. The van der Waals surface area contributed by atoms with Crippen LogP contribution in [0.15, 0.2) is 24.3 Å². The van der Waals surface area contributed by atoms with Crippen LogP contribution >= 0.6 is 11.6 Å². The van der Waals surface area contributed by atoms with Crippen molar-refractivity contribution < 1.29 is 9.59 Å². The average Bonchev–Trinajstić information content (AvgIpc) is 2.52. The summed E-state index contributed by atoms with van der Waals surface area (Å²) in [6.45, 7) is 6.44. The molecule has 0 spiro atoms. The number of anilines is 1. The molecule has 0 aliphatic carbocycles. The van der Waals surface area contributed by atoms with Gasteiger partial charge in [-0.2, -0.15) is 0 Å². The lowest BCUT2D eigenvalue weighted by molar-refractivity contribution is -0.123. The first kappa shape index (κ1) is 17.7. The highest BCUT2D eigenvalue weighted by Gasteiger charge is 2.20. The van der Waals surface area contributed by atoms with Gasteiger partial charge in [-0.05, 0) is 19.1 Å². The third-order valence-electron chi connectivity index (χ3n) is 3.72. The van der Waals surface area contributed by atoms with E-state index in [4.69, 9.17) is 11.6 Å². The van der Waals surface area contributed by atoms with Crippen LogP contribution in [-0.2, 0) is 9.59 Å². The topological polar surface area (TPSA) is 64.7 Å². The molecule has 1 fully saturated rings. The Morgan fingerprint density at radius 3 is 2.17 bits per heavy atom. The predicted molar refractivity (Wildman–Crippen MR) is 91.6 cm³/mol. The van der Waals surface area contributed by atoms with Crippen molar-refractivity contribution in [2.45, 2.75) is 6.92 Å². The summed E-state index contributed by atoms with van der Waals surface area (Å²) in [4.78, 5) is 27.8. The van der Waals surface area contributed by atoms with Crippen LogP contribution in [0.1, 0.15) is 6.92 Å². The molecule has 1 aromatic rings. The number of nitrogens with zero attached hydrogens (tertiary/aromatic N) is 2. The molecule has 2 amide bonds. The van der Waals surface area contributed by atoms with Gasteiger partial charge >= 0.3 is 0 Å². The Hall–Kier alpha value is -1.63. The molecule has 1 aliphatic rings. The smallest absolute Gasteiger partial charge is 0.238 e. The van der Waals surface area contributed by atoms with Crippen molar-refractivity contribution in [2.24, 2.45) is 0 Å². The SMILES string of the molecule is CCNC(=O)CN1CCN(CC(=O)Nc2ccccc2Cl)CC1. The number of amides is 2. The van der Waals surface area contributed by atoms with Crippen molar-refractivity contribution in [3.8, 4) is 0 Å². The number of piperazine rings is 1. The summed E-state index contributed by atoms with van der Waals surface area (Å²) >= 11 is 6.03. The largest absolute Gasteiger partial charge is 0.355 e. The predicted octanol–water partition coefficient (Wildman–Crippen LogP) is 1.03. The van der Waals surface area contributed by atoms with Gasteiger partial charge in [-0.3, -0.25) is 19.4 Å². The number of nitrogens with one attached hydrogen (secondary N) is 2. The van der Waals surface area contributed by atoms with Crippen LogP contribution in [0.4, 0.5) is 5.69 Å². The van der Waals surface area contributed by atoms with Crippen LogP contribution in [0.3, 0.4) is 0 Å². The van der Waals surface area contributed by atoms with Crippen LogP contribution in [0, 0.1) is 0 Å². The quantitative estimate of drug-likeness (QED) is 0.813. The Balaban J connectivity index is 1.72. The highest BCUT2D eigenvalue weighted by atomic mass is 35.5. The molecular formula is C16H23ClN4O2. The molecule has 0 bridgehead atoms. The summed E-state index contributed by atoms with van der Waals surface area (Å²) in [5, 5.41) is 6.16. The maximum absolute atomic E-state index is 12.1.